The molecule has 1 atom stereocenters. The number of piperazine rings is 1. The Kier molecular flexibility index (Phi) is 7.75. The van der Waals surface area contributed by atoms with Crippen molar-refractivity contribution < 1.29 is 38.8 Å². The maximum atomic E-state index is 15.4. The predicted octanol–water partition coefficient (Wildman–Crippen LogP) is 3.70. The Labute approximate surface area is 244 Å². The molecule has 3 aromatic rings. The van der Waals surface area contributed by atoms with Crippen LogP contribution in [-0.4, -0.2) is 68.8 Å². The van der Waals surface area contributed by atoms with E-state index in [4.69, 9.17) is 0 Å². The molecule has 43 heavy (non-hydrogen) atoms. The van der Waals surface area contributed by atoms with Gasteiger partial charge in [0.2, 0.25) is 5.95 Å². The van der Waals surface area contributed by atoms with Gasteiger partial charge in [0.1, 0.15) is 11.9 Å². The number of halogens is 5. The van der Waals surface area contributed by atoms with Gasteiger partial charge in [0, 0.05) is 19.3 Å². The fourth-order valence-corrected chi connectivity index (χ4v) is 7.16. The standard InChI is InChI=1S/C26H25F5N6O4S2/c1-16(2)42(38,39)18-6-8-19(9-7-18)43(40,41)37-21-5-3-4-20(28)24(21)22(14-34-37)36-11-10-35(15-23(36)26(29,30)31)25-32-12-17(27)13-33-25/h3-9,12-14,16,23,34H,10-11,15H2,1-2H3. The number of sulfone groups is 1. The van der Waals surface area contributed by atoms with Gasteiger partial charge in [0.15, 0.2) is 15.7 Å². The Balaban J connectivity index is 1.50. The van der Waals surface area contributed by atoms with E-state index in [0.717, 1.165) is 53.8 Å². The van der Waals surface area contributed by atoms with Crippen LogP contribution in [-0.2, 0) is 19.9 Å². The number of hydrogen-bond donors (Lipinski definition) is 1. The van der Waals surface area contributed by atoms with Gasteiger partial charge in [0.25, 0.3) is 10.0 Å². The average Bonchev–Trinajstić information content (AvgIpc) is 2.96. The molecule has 2 aliphatic rings. The smallest absolute Gasteiger partial charge is 0.355 e. The second-order valence-corrected chi connectivity index (χ2v) is 14.3. The first-order chi connectivity index (χ1) is 20.1. The normalized spacial score (nSPS) is 17.9. The minimum Gasteiger partial charge on any atom is -0.355 e. The van der Waals surface area contributed by atoms with Gasteiger partial charge in [-0.1, -0.05) is 6.07 Å². The van der Waals surface area contributed by atoms with E-state index in [2.05, 4.69) is 15.4 Å². The molecule has 3 heterocycles. The number of aromatic nitrogens is 2. The van der Waals surface area contributed by atoms with Crippen molar-refractivity contribution in [2.24, 2.45) is 0 Å². The molecule has 230 valence electrons. The molecule has 1 aromatic heterocycles. The Hall–Kier alpha value is -3.99. The van der Waals surface area contributed by atoms with Crippen molar-refractivity contribution in [1.29, 1.82) is 0 Å². The number of rotatable bonds is 6. The van der Waals surface area contributed by atoms with Crippen LogP contribution in [0.1, 0.15) is 19.4 Å². The van der Waals surface area contributed by atoms with Crippen LogP contribution in [0, 0.1) is 11.6 Å². The molecule has 1 saturated heterocycles. The highest BCUT2D eigenvalue weighted by molar-refractivity contribution is 7.93. The van der Waals surface area contributed by atoms with Crippen molar-refractivity contribution in [3.05, 3.63) is 78.3 Å². The molecule has 10 nitrogen and oxygen atoms in total. The van der Waals surface area contributed by atoms with Crippen molar-refractivity contribution in [3.63, 3.8) is 0 Å². The molecule has 0 radical (unpaired) electrons. The molecule has 0 aliphatic carbocycles. The van der Waals surface area contributed by atoms with E-state index >= 15 is 4.39 Å². The van der Waals surface area contributed by atoms with Gasteiger partial charge in [-0.2, -0.15) is 26.0 Å². The third-order valence-corrected chi connectivity index (χ3v) is 10.9. The number of alkyl halides is 3. The monoisotopic (exact) mass is 644 g/mol. The van der Waals surface area contributed by atoms with Crippen LogP contribution in [0.15, 0.2) is 70.8 Å². The first-order valence-electron chi connectivity index (χ1n) is 12.8. The number of benzene rings is 2. The van der Waals surface area contributed by atoms with Crippen molar-refractivity contribution in [3.8, 4) is 0 Å². The van der Waals surface area contributed by atoms with Gasteiger partial charge in [0.05, 0.1) is 50.9 Å². The van der Waals surface area contributed by atoms with Gasteiger partial charge in [-0.05, 0) is 50.2 Å². The third kappa shape index (κ3) is 5.58. The number of nitrogens with one attached hydrogen (secondary N) is 1. The SMILES string of the molecule is CC(C)S(=O)(=O)c1ccc(S(=O)(=O)N2NC=C(N3CCN(c4ncc(F)cn4)CC3C(F)(F)F)c3c(F)cccc32)cc1. The summed E-state index contributed by atoms with van der Waals surface area (Å²) in [4.78, 5) is 9.24. The van der Waals surface area contributed by atoms with E-state index in [-0.39, 0.29) is 45.8 Å². The van der Waals surface area contributed by atoms with Crippen LogP contribution in [0.2, 0.25) is 0 Å². The van der Waals surface area contributed by atoms with E-state index in [1.807, 2.05) is 0 Å². The molecular weight excluding hydrogens is 619 g/mol. The first kappa shape index (κ1) is 30.5. The molecule has 2 aliphatic heterocycles. The highest BCUT2D eigenvalue weighted by Gasteiger charge is 2.49. The Morgan fingerprint density at radius 3 is 2.16 bits per heavy atom. The zero-order valence-electron chi connectivity index (χ0n) is 22.6. The Bertz CT molecular complexity index is 1770. The summed E-state index contributed by atoms with van der Waals surface area (Å²) >= 11 is 0. The predicted molar refractivity (Wildman–Crippen MR) is 147 cm³/mol. The van der Waals surface area contributed by atoms with Crippen molar-refractivity contribution in [2.45, 2.75) is 41.1 Å². The first-order valence-corrected chi connectivity index (χ1v) is 15.8. The largest absolute Gasteiger partial charge is 0.410 e. The summed E-state index contributed by atoms with van der Waals surface area (Å²) in [6.07, 6.45) is -2.17. The lowest BCUT2D eigenvalue weighted by molar-refractivity contribution is -0.175. The van der Waals surface area contributed by atoms with Crippen LogP contribution in [0.25, 0.3) is 5.70 Å². The topological polar surface area (TPSA) is 116 Å². The number of fused-ring (bicyclic) bond motifs is 1. The fraction of sp³-hybridized carbons (Fsp3) is 0.308. The molecule has 0 spiro atoms. The number of nitrogens with zero attached hydrogens (tertiary/aromatic N) is 5. The summed E-state index contributed by atoms with van der Waals surface area (Å²) in [5.74, 6) is -1.83. The second kappa shape index (κ2) is 10.9. The second-order valence-electron chi connectivity index (χ2n) is 10.0. The summed E-state index contributed by atoms with van der Waals surface area (Å²) in [5, 5.41) is -0.747. The van der Waals surface area contributed by atoms with Crippen LogP contribution < -0.4 is 14.7 Å². The summed E-state index contributed by atoms with van der Waals surface area (Å²) in [6, 6.07) is 5.70. The van der Waals surface area contributed by atoms with Gasteiger partial charge < -0.3 is 9.80 Å². The van der Waals surface area contributed by atoms with Crippen molar-refractivity contribution in [2.75, 3.05) is 28.9 Å². The van der Waals surface area contributed by atoms with Gasteiger partial charge in [-0.25, -0.2) is 27.2 Å². The van der Waals surface area contributed by atoms with Crippen molar-refractivity contribution in [1.82, 2.24) is 20.3 Å². The number of hydrazine groups is 1. The zero-order valence-corrected chi connectivity index (χ0v) is 24.3. The highest BCUT2D eigenvalue weighted by atomic mass is 32.2. The van der Waals surface area contributed by atoms with Crippen LogP contribution in [0.4, 0.5) is 33.6 Å². The summed E-state index contributed by atoms with van der Waals surface area (Å²) in [7, 11) is -8.19. The Morgan fingerprint density at radius 1 is 0.930 bits per heavy atom. The number of hydrogen-bond acceptors (Lipinski definition) is 9. The fourth-order valence-electron chi connectivity index (χ4n) is 4.80. The molecule has 17 heteroatoms. The maximum Gasteiger partial charge on any atom is 0.410 e. The number of anilines is 2. The van der Waals surface area contributed by atoms with Crippen molar-refractivity contribution >= 4 is 37.2 Å². The van der Waals surface area contributed by atoms with Crippen LogP contribution in [0.5, 0.6) is 0 Å². The summed E-state index contributed by atoms with van der Waals surface area (Å²) in [6.45, 7) is 1.97. The highest BCUT2D eigenvalue weighted by Crippen LogP contribution is 2.41. The van der Waals surface area contributed by atoms with E-state index in [9.17, 15) is 34.4 Å². The zero-order chi connectivity index (χ0) is 31.3. The maximum absolute atomic E-state index is 15.4. The van der Waals surface area contributed by atoms with Crippen LogP contribution in [0.3, 0.4) is 0 Å². The summed E-state index contributed by atoms with van der Waals surface area (Å²) in [5.41, 5.74) is 1.59. The lowest BCUT2D eigenvalue weighted by atomic mass is 10.0. The molecular formula is C26H25F5N6O4S2. The van der Waals surface area contributed by atoms with E-state index < -0.39 is 55.5 Å². The van der Waals surface area contributed by atoms with Gasteiger partial charge >= 0.3 is 6.18 Å². The van der Waals surface area contributed by atoms with Gasteiger partial charge in [-0.3, -0.25) is 5.43 Å². The molecule has 2 aromatic carbocycles. The molecule has 1 unspecified atom stereocenters. The number of sulfonamides is 1. The molecule has 5 rings (SSSR count). The summed E-state index contributed by atoms with van der Waals surface area (Å²) < 4.78 is 125. The average molecular weight is 645 g/mol. The quantitative estimate of drug-likeness (QED) is 0.401. The lowest BCUT2D eigenvalue weighted by Crippen LogP contribution is -2.59. The lowest BCUT2D eigenvalue weighted by Gasteiger charge is -2.45. The molecule has 0 bridgehead atoms. The molecule has 0 amide bonds. The van der Waals surface area contributed by atoms with Crippen LogP contribution >= 0.6 is 0 Å². The minimum atomic E-state index is -4.81. The third-order valence-electron chi connectivity index (χ3n) is 7.05. The van der Waals surface area contributed by atoms with E-state index in [1.54, 1.807) is 0 Å². The molecule has 1 N–H and O–H groups in total. The van der Waals surface area contributed by atoms with E-state index in [1.165, 1.54) is 30.9 Å². The Morgan fingerprint density at radius 2 is 1.56 bits per heavy atom. The van der Waals surface area contributed by atoms with E-state index in [0.29, 0.717) is 4.41 Å². The molecule has 1 fully saturated rings. The molecule has 0 saturated carbocycles. The minimum absolute atomic E-state index is 0.0347. The van der Waals surface area contributed by atoms with Gasteiger partial charge in [-0.15, -0.1) is 0 Å².